The number of fused-ring (bicyclic) bond motifs is 6. The number of nitrogens with zero attached hydrogens (tertiary/aromatic N) is 2. The van der Waals surface area contributed by atoms with Crippen molar-refractivity contribution in [2.45, 2.75) is 0 Å². The minimum atomic E-state index is 0.891. The van der Waals surface area contributed by atoms with E-state index in [0.717, 1.165) is 44.5 Å². The molecule has 0 amide bonds. The highest BCUT2D eigenvalue weighted by Crippen LogP contribution is 2.42. The van der Waals surface area contributed by atoms with E-state index in [1.54, 1.807) is 11.3 Å². The Labute approximate surface area is 229 Å². The summed E-state index contributed by atoms with van der Waals surface area (Å²) in [6.45, 7) is 0. The summed E-state index contributed by atoms with van der Waals surface area (Å²) in [5.41, 5.74) is 8.51. The van der Waals surface area contributed by atoms with Crippen LogP contribution in [0.15, 0.2) is 138 Å². The molecule has 0 bridgehead atoms. The number of anilines is 3. The third-order valence-electron chi connectivity index (χ3n) is 7.32. The van der Waals surface area contributed by atoms with Crippen molar-refractivity contribution in [2.24, 2.45) is 0 Å². The molecule has 0 atom stereocenters. The first kappa shape index (κ1) is 22.1. The van der Waals surface area contributed by atoms with Crippen LogP contribution >= 0.6 is 11.3 Å². The molecule has 5 aromatic carbocycles. The van der Waals surface area contributed by atoms with Crippen molar-refractivity contribution in [1.29, 1.82) is 0 Å². The van der Waals surface area contributed by atoms with Gasteiger partial charge in [-0.25, -0.2) is 0 Å². The summed E-state index contributed by atoms with van der Waals surface area (Å²) in [4.78, 5) is 7.03. The van der Waals surface area contributed by atoms with Gasteiger partial charge in [0.2, 0.25) is 0 Å². The molecule has 0 unspecified atom stereocenters. The lowest BCUT2D eigenvalue weighted by atomic mass is 10.0. The molecular weight excluding hydrogens is 496 g/mol. The predicted molar refractivity (Wildman–Crippen MR) is 165 cm³/mol. The summed E-state index contributed by atoms with van der Waals surface area (Å²) < 4.78 is 8.58. The minimum absolute atomic E-state index is 0.891. The number of pyridine rings is 1. The van der Waals surface area contributed by atoms with Crippen molar-refractivity contribution >= 4 is 70.6 Å². The lowest BCUT2D eigenvalue weighted by molar-refractivity contribution is 0.669. The summed E-state index contributed by atoms with van der Waals surface area (Å²) in [6, 6.07) is 44.8. The van der Waals surface area contributed by atoms with Crippen molar-refractivity contribution in [3.05, 3.63) is 134 Å². The molecule has 0 spiro atoms. The maximum Gasteiger partial charge on any atom is 0.135 e. The molecule has 0 radical (unpaired) electrons. The number of aromatic nitrogens is 1. The molecule has 0 saturated heterocycles. The number of thiophene rings is 1. The Morgan fingerprint density at radius 2 is 1.21 bits per heavy atom. The van der Waals surface area contributed by atoms with Crippen molar-refractivity contribution in [2.75, 3.05) is 4.90 Å². The molecule has 0 aliphatic heterocycles. The van der Waals surface area contributed by atoms with Crippen LogP contribution in [-0.4, -0.2) is 4.98 Å². The Morgan fingerprint density at radius 1 is 0.513 bits per heavy atom. The fraction of sp³-hybridized carbons (Fsp3) is 0. The summed E-state index contributed by atoms with van der Waals surface area (Å²) in [6.07, 6.45) is 1.87. The lowest BCUT2D eigenvalue weighted by Crippen LogP contribution is -2.09. The Kier molecular flexibility index (Phi) is 5.00. The molecule has 0 aliphatic carbocycles. The van der Waals surface area contributed by atoms with Gasteiger partial charge in [-0.2, -0.15) is 0 Å². The SMILES string of the molecule is c1ccc(-c2ccc(N(c3ccc4oc5ccccc5c4c3)c3ccc4sc5cccnc5c4c3)cc2)cc1. The molecular formula is C35H22N2OS. The lowest BCUT2D eigenvalue weighted by Gasteiger charge is -2.26. The fourth-order valence-electron chi connectivity index (χ4n) is 5.46. The summed E-state index contributed by atoms with van der Waals surface area (Å²) in [5.74, 6) is 0. The van der Waals surface area contributed by atoms with E-state index in [2.05, 4.69) is 114 Å². The quantitative estimate of drug-likeness (QED) is 0.232. The van der Waals surface area contributed by atoms with Gasteiger partial charge in [0.25, 0.3) is 0 Å². The molecule has 8 aromatic rings. The molecule has 4 heteroatoms. The Morgan fingerprint density at radius 3 is 2.08 bits per heavy atom. The van der Waals surface area contributed by atoms with Gasteiger partial charge in [-0.3, -0.25) is 4.98 Å². The van der Waals surface area contributed by atoms with Crippen LogP contribution in [0.2, 0.25) is 0 Å². The van der Waals surface area contributed by atoms with Gasteiger partial charge in [0.15, 0.2) is 0 Å². The average molecular weight is 519 g/mol. The van der Waals surface area contributed by atoms with Gasteiger partial charge in [0.05, 0.1) is 10.2 Å². The van der Waals surface area contributed by atoms with E-state index in [-0.39, 0.29) is 0 Å². The number of furan rings is 1. The van der Waals surface area contributed by atoms with E-state index in [9.17, 15) is 0 Å². The molecule has 3 aromatic heterocycles. The summed E-state index contributed by atoms with van der Waals surface area (Å²) in [7, 11) is 0. The topological polar surface area (TPSA) is 29.3 Å². The fourth-order valence-corrected chi connectivity index (χ4v) is 6.50. The molecule has 3 heterocycles. The van der Waals surface area contributed by atoms with Gasteiger partial charge in [-0.05, 0) is 77.9 Å². The molecule has 0 N–H and O–H groups in total. The number of para-hydroxylation sites is 1. The molecule has 0 fully saturated rings. The number of benzene rings is 5. The van der Waals surface area contributed by atoms with Gasteiger partial charge in [-0.1, -0.05) is 60.7 Å². The Bertz CT molecular complexity index is 2010. The van der Waals surface area contributed by atoms with Gasteiger partial charge in [0.1, 0.15) is 11.2 Å². The first-order valence-electron chi connectivity index (χ1n) is 13.0. The highest BCUT2D eigenvalue weighted by Gasteiger charge is 2.17. The second kappa shape index (κ2) is 8.83. The number of hydrogen-bond acceptors (Lipinski definition) is 4. The van der Waals surface area contributed by atoms with E-state index in [1.165, 1.54) is 25.9 Å². The van der Waals surface area contributed by atoms with E-state index in [4.69, 9.17) is 9.40 Å². The van der Waals surface area contributed by atoms with Crippen LogP contribution < -0.4 is 4.90 Å². The third kappa shape index (κ3) is 3.69. The van der Waals surface area contributed by atoms with Gasteiger partial charge < -0.3 is 9.32 Å². The van der Waals surface area contributed by atoms with Crippen LogP contribution in [0.5, 0.6) is 0 Å². The van der Waals surface area contributed by atoms with Gasteiger partial charge in [0, 0.05) is 44.1 Å². The zero-order valence-corrected chi connectivity index (χ0v) is 21.7. The molecule has 3 nitrogen and oxygen atoms in total. The van der Waals surface area contributed by atoms with Crippen molar-refractivity contribution in [3.8, 4) is 11.1 Å². The van der Waals surface area contributed by atoms with Crippen LogP contribution in [-0.2, 0) is 0 Å². The molecule has 0 aliphatic rings. The number of hydrogen-bond donors (Lipinski definition) is 0. The predicted octanol–water partition coefficient (Wildman–Crippen LogP) is 10.5. The smallest absolute Gasteiger partial charge is 0.135 e. The first-order chi connectivity index (χ1) is 19.3. The zero-order chi connectivity index (χ0) is 25.8. The minimum Gasteiger partial charge on any atom is -0.456 e. The van der Waals surface area contributed by atoms with Crippen molar-refractivity contribution < 1.29 is 4.42 Å². The Balaban J connectivity index is 1.33. The van der Waals surface area contributed by atoms with E-state index in [1.807, 2.05) is 24.4 Å². The van der Waals surface area contributed by atoms with Crippen LogP contribution in [0.3, 0.4) is 0 Å². The average Bonchev–Trinajstić information content (AvgIpc) is 3.56. The monoisotopic (exact) mass is 518 g/mol. The summed E-state index contributed by atoms with van der Waals surface area (Å²) in [5, 5.41) is 3.41. The first-order valence-corrected chi connectivity index (χ1v) is 13.8. The second-order valence-corrected chi connectivity index (χ2v) is 10.7. The molecule has 8 rings (SSSR count). The van der Waals surface area contributed by atoms with Gasteiger partial charge >= 0.3 is 0 Å². The maximum atomic E-state index is 6.13. The number of rotatable bonds is 4. The van der Waals surface area contributed by atoms with Crippen LogP contribution in [0.1, 0.15) is 0 Å². The molecule has 39 heavy (non-hydrogen) atoms. The van der Waals surface area contributed by atoms with Crippen LogP contribution in [0.4, 0.5) is 17.1 Å². The van der Waals surface area contributed by atoms with Crippen molar-refractivity contribution in [3.63, 3.8) is 0 Å². The normalized spacial score (nSPS) is 11.6. The largest absolute Gasteiger partial charge is 0.456 e. The third-order valence-corrected chi connectivity index (χ3v) is 8.44. The van der Waals surface area contributed by atoms with Crippen molar-refractivity contribution in [1.82, 2.24) is 4.98 Å². The molecule has 184 valence electrons. The van der Waals surface area contributed by atoms with Crippen LogP contribution in [0.25, 0.3) is 53.4 Å². The van der Waals surface area contributed by atoms with Crippen LogP contribution in [0, 0.1) is 0 Å². The second-order valence-electron chi connectivity index (χ2n) is 9.66. The highest BCUT2D eigenvalue weighted by molar-refractivity contribution is 7.25. The Hall–Kier alpha value is -4.93. The summed E-state index contributed by atoms with van der Waals surface area (Å²) >= 11 is 1.78. The maximum absolute atomic E-state index is 6.13. The van der Waals surface area contributed by atoms with E-state index >= 15 is 0 Å². The zero-order valence-electron chi connectivity index (χ0n) is 20.9. The van der Waals surface area contributed by atoms with Gasteiger partial charge in [-0.15, -0.1) is 11.3 Å². The molecule has 0 saturated carbocycles. The van der Waals surface area contributed by atoms with E-state index < -0.39 is 0 Å². The van der Waals surface area contributed by atoms with E-state index in [0.29, 0.717) is 0 Å². The highest BCUT2D eigenvalue weighted by atomic mass is 32.1. The standard InChI is InChI=1S/C35H22N2OS/c1-2-7-23(8-3-1)24-12-14-25(15-13-24)37(26-16-18-32-29(21-26)28-9-4-5-10-31(28)38-32)27-17-19-33-30(22-27)35-34(39-33)11-6-20-36-35/h1-22H.